The molecule has 1 fully saturated rings. The highest BCUT2D eigenvalue weighted by Gasteiger charge is 2.13. The van der Waals surface area contributed by atoms with E-state index in [1.165, 1.54) is 12.0 Å². The number of hydrogen-bond donors (Lipinski definition) is 0. The summed E-state index contributed by atoms with van der Waals surface area (Å²) in [5.74, 6) is 0. The van der Waals surface area contributed by atoms with Gasteiger partial charge in [0.15, 0.2) is 6.29 Å². The van der Waals surface area contributed by atoms with Gasteiger partial charge in [0.2, 0.25) is 0 Å². The maximum atomic E-state index is 5.64. The molecule has 0 N–H and O–H groups in total. The molecule has 136 valence electrons. The van der Waals surface area contributed by atoms with E-state index in [1.54, 1.807) is 0 Å². The highest BCUT2D eigenvalue weighted by atomic mass is 16.7. The van der Waals surface area contributed by atoms with Gasteiger partial charge in [0, 0.05) is 13.2 Å². The van der Waals surface area contributed by atoms with Crippen molar-refractivity contribution in [3.8, 4) is 0 Å². The summed E-state index contributed by atoms with van der Waals surface area (Å²) in [4.78, 5) is 0. The van der Waals surface area contributed by atoms with Gasteiger partial charge in [-0.2, -0.15) is 0 Å². The Morgan fingerprint density at radius 1 is 0.833 bits per heavy atom. The Morgan fingerprint density at radius 2 is 1.58 bits per heavy atom. The molecule has 1 aromatic carbocycles. The van der Waals surface area contributed by atoms with Crippen molar-refractivity contribution in [1.29, 1.82) is 0 Å². The largest absolute Gasteiger partial charge is 0.379 e. The van der Waals surface area contributed by atoms with Crippen molar-refractivity contribution in [3.63, 3.8) is 0 Å². The van der Waals surface area contributed by atoms with Gasteiger partial charge in [0.05, 0.1) is 39.6 Å². The lowest BCUT2D eigenvalue weighted by Gasteiger charge is -2.22. The van der Waals surface area contributed by atoms with Crippen LogP contribution >= 0.6 is 0 Å². The lowest BCUT2D eigenvalue weighted by atomic mass is 10.2. The SMILES string of the molecule is c1ccc(COCCOCCOCCCOC2CCCCO2)cc1. The van der Waals surface area contributed by atoms with Gasteiger partial charge in [0.1, 0.15) is 0 Å². The molecule has 0 aliphatic carbocycles. The van der Waals surface area contributed by atoms with E-state index in [9.17, 15) is 0 Å². The van der Waals surface area contributed by atoms with E-state index < -0.39 is 0 Å². The topological polar surface area (TPSA) is 46.2 Å². The van der Waals surface area contributed by atoms with Crippen molar-refractivity contribution >= 4 is 0 Å². The molecule has 5 nitrogen and oxygen atoms in total. The molecule has 0 aromatic heterocycles. The number of hydrogen-bond acceptors (Lipinski definition) is 5. The van der Waals surface area contributed by atoms with Crippen LogP contribution in [0.4, 0.5) is 0 Å². The summed E-state index contributed by atoms with van der Waals surface area (Å²) in [6.45, 7) is 5.25. The van der Waals surface area contributed by atoms with Crippen LogP contribution in [-0.2, 0) is 30.3 Å². The maximum Gasteiger partial charge on any atom is 0.157 e. The van der Waals surface area contributed by atoms with E-state index >= 15 is 0 Å². The standard InChI is InChI=1S/C19H30O5/c1-2-7-18(8-3-1)17-22-16-15-21-14-13-20-10-6-12-24-19-9-4-5-11-23-19/h1-3,7-8,19H,4-6,9-17H2. The molecule has 0 bridgehead atoms. The zero-order valence-electron chi connectivity index (χ0n) is 14.5. The fraction of sp³-hybridized carbons (Fsp3) is 0.684. The van der Waals surface area contributed by atoms with Crippen molar-refractivity contribution in [2.45, 2.75) is 38.6 Å². The molecule has 0 spiro atoms. The molecule has 0 saturated carbocycles. The molecule has 1 heterocycles. The van der Waals surface area contributed by atoms with Crippen LogP contribution in [-0.4, -0.2) is 52.5 Å². The molecular weight excluding hydrogens is 308 g/mol. The second kappa shape index (κ2) is 13.3. The number of rotatable bonds is 13. The van der Waals surface area contributed by atoms with Crippen molar-refractivity contribution in [3.05, 3.63) is 35.9 Å². The van der Waals surface area contributed by atoms with E-state index in [2.05, 4.69) is 12.1 Å². The number of benzene rings is 1. The first-order valence-electron chi connectivity index (χ1n) is 8.95. The Morgan fingerprint density at radius 3 is 2.33 bits per heavy atom. The second-order valence-electron chi connectivity index (χ2n) is 5.78. The molecular formula is C19H30O5. The van der Waals surface area contributed by atoms with E-state index in [-0.39, 0.29) is 6.29 Å². The Balaban J connectivity index is 1.28. The molecule has 1 atom stereocenters. The van der Waals surface area contributed by atoms with Gasteiger partial charge in [-0.05, 0) is 31.2 Å². The van der Waals surface area contributed by atoms with Crippen molar-refractivity contribution < 1.29 is 23.7 Å². The Labute approximate surface area is 145 Å². The summed E-state index contributed by atoms with van der Waals surface area (Å²) < 4.78 is 27.7. The smallest absolute Gasteiger partial charge is 0.157 e. The predicted molar refractivity (Wildman–Crippen MR) is 91.9 cm³/mol. The first kappa shape index (κ1) is 19.3. The minimum Gasteiger partial charge on any atom is -0.379 e. The van der Waals surface area contributed by atoms with Crippen LogP contribution in [0.25, 0.3) is 0 Å². The van der Waals surface area contributed by atoms with Gasteiger partial charge in [0.25, 0.3) is 0 Å². The Hall–Kier alpha value is -0.980. The van der Waals surface area contributed by atoms with Crippen molar-refractivity contribution in [1.82, 2.24) is 0 Å². The first-order chi connectivity index (χ1) is 11.9. The summed E-state index contributed by atoms with van der Waals surface area (Å²) in [7, 11) is 0. The van der Waals surface area contributed by atoms with Crippen LogP contribution in [0.3, 0.4) is 0 Å². The van der Waals surface area contributed by atoms with Crippen LogP contribution in [0.1, 0.15) is 31.2 Å². The third-order valence-electron chi connectivity index (χ3n) is 3.73. The average Bonchev–Trinajstić information content (AvgIpc) is 2.64. The van der Waals surface area contributed by atoms with Crippen LogP contribution in [0.15, 0.2) is 30.3 Å². The summed E-state index contributed by atoms with van der Waals surface area (Å²) >= 11 is 0. The number of ether oxygens (including phenoxy) is 5. The van der Waals surface area contributed by atoms with Gasteiger partial charge in [-0.1, -0.05) is 30.3 Å². The molecule has 2 rings (SSSR count). The van der Waals surface area contributed by atoms with Gasteiger partial charge < -0.3 is 23.7 Å². The summed E-state index contributed by atoms with van der Waals surface area (Å²) in [6.07, 6.45) is 4.26. The maximum absolute atomic E-state index is 5.64. The Kier molecular flexibility index (Phi) is 10.7. The van der Waals surface area contributed by atoms with E-state index in [4.69, 9.17) is 23.7 Å². The lowest BCUT2D eigenvalue weighted by molar-refractivity contribution is -0.164. The lowest BCUT2D eigenvalue weighted by Crippen LogP contribution is -2.23. The zero-order valence-corrected chi connectivity index (χ0v) is 14.5. The summed E-state index contributed by atoms with van der Waals surface area (Å²) in [5.41, 5.74) is 1.18. The van der Waals surface area contributed by atoms with Gasteiger partial charge in [-0.3, -0.25) is 0 Å². The van der Waals surface area contributed by atoms with E-state index in [0.717, 1.165) is 25.9 Å². The molecule has 1 aliphatic rings. The van der Waals surface area contributed by atoms with Gasteiger partial charge in [-0.15, -0.1) is 0 Å². The molecule has 5 heteroatoms. The minimum atomic E-state index is -0.00188. The van der Waals surface area contributed by atoms with E-state index in [1.807, 2.05) is 18.2 Å². The fourth-order valence-corrected chi connectivity index (χ4v) is 2.42. The average molecular weight is 338 g/mol. The predicted octanol–water partition coefficient (Wildman–Crippen LogP) is 3.17. The Bertz CT molecular complexity index is 392. The molecule has 1 aliphatic heterocycles. The van der Waals surface area contributed by atoms with Crippen LogP contribution in [0.2, 0.25) is 0 Å². The molecule has 24 heavy (non-hydrogen) atoms. The fourth-order valence-electron chi connectivity index (χ4n) is 2.42. The van der Waals surface area contributed by atoms with Crippen LogP contribution in [0.5, 0.6) is 0 Å². The molecule has 0 radical (unpaired) electrons. The van der Waals surface area contributed by atoms with Crippen molar-refractivity contribution in [2.75, 3.05) is 46.2 Å². The van der Waals surface area contributed by atoms with Crippen LogP contribution in [0, 0.1) is 0 Å². The summed E-state index contributed by atoms with van der Waals surface area (Å²) in [6, 6.07) is 10.1. The van der Waals surface area contributed by atoms with Gasteiger partial charge in [-0.25, -0.2) is 0 Å². The molecule has 1 unspecified atom stereocenters. The van der Waals surface area contributed by atoms with Gasteiger partial charge >= 0.3 is 0 Å². The molecule has 0 amide bonds. The second-order valence-corrected chi connectivity index (χ2v) is 5.78. The minimum absolute atomic E-state index is 0.00188. The summed E-state index contributed by atoms with van der Waals surface area (Å²) in [5, 5.41) is 0. The molecule has 1 aromatic rings. The highest BCUT2D eigenvalue weighted by molar-refractivity contribution is 5.13. The van der Waals surface area contributed by atoms with Crippen LogP contribution < -0.4 is 0 Å². The zero-order chi connectivity index (χ0) is 16.7. The van der Waals surface area contributed by atoms with Crippen molar-refractivity contribution in [2.24, 2.45) is 0 Å². The monoisotopic (exact) mass is 338 g/mol. The normalized spacial score (nSPS) is 17.9. The first-order valence-corrected chi connectivity index (χ1v) is 8.95. The third kappa shape index (κ3) is 9.35. The van der Waals surface area contributed by atoms with E-state index in [0.29, 0.717) is 46.2 Å². The molecule has 1 saturated heterocycles. The third-order valence-corrected chi connectivity index (χ3v) is 3.73. The quantitative estimate of drug-likeness (QED) is 0.517. The highest BCUT2D eigenvalue weighted by Crippen LogP contribution is 2.13.